The molecule has 0 unspecified atom stereocenters. The number of fused-ring (bicyclic) bond motifs is 1. The van der Waals surface area contributed by atoms with E-state index in [1.54, 1.807) is 0 Å². The minimum atomic E-state index is 0.0792. The Bertz CT molecular complexity index is 668. The Kier molecular flexibility index (Phi) is 3.88. The molecule has 2 aromatic rings. The maximum Gasteiger partial charge on any atom is 0.224 e. The molecule has 1 aliphatic heterocycles. The molecule has 0 spiro atoms. The van der Waals surface area contributed by atoms with E-state index in [1.807, 2.05) is 49.5 Å². The lowest BCUT2D eigenvalue weighted by Gasteiger charge is -2.18. The minimum Gasteiger partial charge on any atom is -0.457 e. The zero-order valence-corrected chi connectivity index (χ0v) is 12.0. The molecule has 0 saturated heterocycles. The van der Waals surface area contributed by atoms with Gasteiger partial charge in [-0.25, -0.2) is 0 Å². The summed E-state index contributed by atoms with van der Waals surface area (Å²) >= 11 is 0. The van der Waals surface area contributed by atoms with E-state index >= 15 is 0 Å². The van der Waals surface area contributed by atoms with Crippen LogP contribution in [-0.2, 0) is 17.8 Å². The number of amides is 1. The first kappa shape index (κ1) is 13.6. The number of hydrogen-bond acceptors (Lipinski definition) is 3. The zero-order chi connectivity index (χ0) is 14.7. The predicted molar refractivity (Wildman–Crippen MR) is 82.7 cm³/mol. The van der Waals surface area contributed by atoms with E-state index in [9.17, 15) is 4.79 Å². The minimum absolute atomic E-state index is 0.0792. The van der Waals surface area contributed by atoms with E-state index < -0.39 is 0 Å². The molecule has 4 heteroatoms. The lowest BCUT2D eigenvalue weighted by Crippen LogP contribution is -2.18. The fourth-order valence-electron chi connectivity index (χ4n) is 2.49. The highest BCUT2D eigenvalue weighted by molar-refractivity contribution is 5.94. The Morgan fingerprint density at radius 3 is 2.90 bits per heavy atom. The molecule has 0 radical (unpaired) electrons. The average Bonchev–Trinajstić information content (AvgIpc) is 2.50. The Balaban J connectivity index is 1.84. The molecule has 3 rings (SSSR count). The van der Waals surface area contributed by atoms with Gasteiger partial charge in [0.25, 0.3) is 0 Å². The first-order chi connectivity index (χ1) is 10.3. The topological polar surface area (TPSA) is 50.4 Å². The fourth-order valence-corrected chi connectivity index (χ4v) is 2.49. The molecule has 21 heavy (non-hydrogen) atoms. The van der Waals surface area contributed by atoms with Crippen molar-refractivity contribution in [2.45, 2.75) is 19.4 Å². The lowest BCUT2D eigenvalue weighted by atomic mass is 10.0. The second-order valence-electron chi connectivity index (χ2n) is 5.11. The number of aryl methyl sites for hydroxylation is 1. The van der Waals surface area contributed by atoms with Crippen molar-refractivity contribution in [2.24, 2.45) is 0 Å². The summed E-state index contributed by atoms with van der Waals surface area (Å²) < 4.78 is 6.00. The Morgan fingerprint density at radius 2 is 2.05 bits per heavy atom. The fraction of sp³-hybridized carbons (Fsp3) is 0.235. The summed E-state index contributed by atoms with van der Waals surface area (Å²) in [4.78, 5) is 11.4. The van der Waals surface area contributed by atoms with Gasteiger partial charge in [0, 0.05) is 24.2 Å². The lowest BCUT2D eigenvalue weighted by molar-refractivity contribution is -0.116. The Hall–Kier alpha value is -2.33. The maximum atomic E-state index is 11.4. The Labute approximate surface area is 124 Å². The van der Waals surface area contributed by atoms with Crippen LogP contribution < -0.4 is 15.4 Å². The smallest absolute Gasteiger partial charge is 0.224 e. The van der Waals surface area contributed by atoms with E-state index in [2.05, 4.69) is 10.6 Å². The third-order valence-corrected chi connectivity index (χ3v) is 3.54. The van der Waals surface area contributed by atoms with Gasteiger partial charge in [0.2, 0.25) is 5.91 Å². The van der Waals surface area contributed by atoms with Gasteiger partial charge < -0.3 is 15.4 Å². The first-order valence-electron chi connectivity index (χ1n) is 7.09. The first-order valence-corrected chi connectivity index (χ1v) is 7.09. The summed E-state index contributed by atoms with van der Waals surface area (Å²) in [7, 11) is 1.92. The largest absolute Gasteiger partial charge is 0.457 e. The number of rotatable bonds is 4. The van der Waals surface area contributed by atoms with Crippen LogP contribution in [-0.4, -0.2) is 13.0 Å². The maximum absolute atomic E-state index is 11.4. The number of ether oxygens (including phenoxy) is 1. The van der Waals surface area contributed by atoms with Gasteiger partial charge in [-0.05, 0) is 43.3 Å². The van der Waals surface area contributed by atoms with E-state index in [4.69, 9.17) is 4.74 Å². The summed E-state index contributed by atoms with van der Waals surface area (Å²) in [5, 5.41) is 6.02. The summed E-state index contributed by atoms with van der Waals surface area (Å²) in [5.74, 6) is 1.73. The number of anilines is 1. The highest BCUT2D eigenvalue weighted by atomic mass is 16.5. The number of hydrogen-bond donors (Lipinski definition) is 2. The van der Waals surface area contributed by atoms with Crippen molar-refractivity contribution in [3.05, 3.63) is 53.6 Å². The third kappa shape index (κ3) is 3.06. The number of nitrogens with one attached hydrogen (secondary N) is 2. The molecule has 0 fully saturated rings. The van der Waals surface area contributed by atoms with Crippen molar-refractivity contribution in [1.29, 1.82) is 0 Å². The highest BCUT2D eigenvalue weighted by Gasteiger charge is 2.15. The van der Waals surface area contributed by atoms with Crippen LogP contribution in [0.1, 0.15) is 17.5 Å². The van der Waals surface area contributed by atoms with Crippen LogP contribution in [0.4, 0.5) is 5.69 Å². The number of para-hydroxylation sites is 1. The standard InChI is InChI=1S/C17H18N2O2/c1-18-11-13-4-2-3-5-16(13)21-14-7-8-15-12(10-14)6-9-17(20)19-15/h2-5,7-8,10,18H,6,9,11H2,1H3,(H,19,20). The van der Waals surface area contributed by atoms with Crippen LogP contribution in [0.5, 0.6) is 11.5 Å². The van der Waals surface area contributed by atoms with Gasteiger partial charge in [-0.3, -0.25) is 4.79 Å². The average molecular weight is 282 g/mol. The molecule has 1 heterocycles. The van der Waals surface area contributed by atoms with Gasteiger partial charge >= 0.3 is 0 Å². The van der Waals surface area contributed by atoms with Gasteiger partial charge in [0.05, 0.1) is 0 Å². The van der Waals surface area contributed by atoms with Crippen LogP contribution in [0.3, 0.4) is 0 Å². The van der Waals surface area contributed by atoms with Crippen LogP contribution in [0.15, 0.2) is 42.5 Å². The van der Waals surface area contributed by atoms with Crippen molar-refractivity contribution in [3.63, 3.8) is 0 Å². The molecule has 0 aromatic heterocycles. The summed E-state index contributed by atoms with van der Waals surface area (Å²) in [6.07, 6.45) is 1.29. The van der Waals surface area contributed by atoms with Crippen molar-refractivity contribution in [3.8, 4) is 11.5 Å². The third-order valence-electron chi connectivity index (χ3n) is 3.54. The van der Waals surface area contributed by atoms with Gasteiger partial charge in [0.1, 0.15) is 11.5 Å². The number of carbonyl (C=O) groups is 1. The second-order valence-corrected chi connectivity index (χ2v) is 5.11. The predicted octanol–water partition coefficient (Wildman–Crippen LogP) is 3.08. The van der Waals surface area contributed by atoms with Crippen molar-refractivity contribution in [1.82, 2.24) is 5.32 Å². The molecule has 0 atom stereocenters. The molecule has 1 amide bonds. The molecule has 4 nitrogen and oxygen atoms in total. The van der Waals surface area contributed by atoms with Crippen molar-refractivity contribution < 1.29 is 9.53 Å². The number of carbonyl (C=O) groups excluding carboxylic acids is 1. The van der Waals surface area contributed by atoms with Gasteiger partial charge in [-0.15, -0.1) is 0 Å². The summed E-state index contributed by atoms with van der Waals surface area (Å²) in [5.41, 5.74) is 3.13. The van der Waals surface area contributed by atoms with Crippen LogP contribution in [0.2, 0.25) is 0 Å². The highest BCUT2D eigenvalue weighted by Crippen LogP contribution is 2.30. The molecule has 0 saturated carbocycles. The SMILES string of the molecule is CNCc1ccccc1Oc1ccc2c(c1)CCC(=O)N2. The van der Waals surface area contributed by atoms with Crippen molar-refractivity contribution >= 4 is 11.6 Å². The molecule has 0 bridgehead atoms. The van der Waals surface area contributed by atoms with Crippen LogP contribution >= 0.6 is 0 Å². The molecule has 108 valence electrons. The number of benzene rings is 2. The summed E-state index contributed by atoms with van der Waals surface area (Å²) in [6, 6.07) is 13.8. The molecule has 2 N–H and O–H groups in total. The van der Waals surface area contributed by atoms with E-state index in [0.717, 1.165) is 41.3 Å². The molecular weight excluding hydrogens is 264 g/mol. The van der Waals surface area contributed by atoms with Crippen LogP contribution in [0, 0.1) is 0 Å². The van der Waals surface area contributed by atoms with Gasteiger partial charge in [0.15, 0.2) is 0 Å². The van der Waals surface area contributed by atoms with Gasteiger partial charge in [-0.1, -0.05) is 18.2 Å². The van der Waals surface area contributed by atoms with Crippen LogP contribution in [0.25, 0.3) is 0 Å². The monoisotopic (exact) mass is 282 g/mol. The molecule has 0 aliphatic carbocycles. The Morgan fingerprint density at radius 1 is 1.19 bits per heavy atom. The summed E-state index contributed by atoms with van der Waals surface area (Å²) in [6.45, 7) is 0.761. The van der Waals surface area contributed by atoms with E-state index in [1.165, 1.54) is 0 Å². The van der Waals surface area contributed by atoms with E-state index in [0.29, 0.717) is 6.42 Å². The molecule has 2 aromatic carbocycles. The zero-order valence-electron chi connectivity index (χ0n) is 12.0. The second kappa shape index (κ2) is 5.97. The quantitative estimate of drug-likeness (QED) is 0.906. The normalized spacial score (nSPS) is 13.5. The molecular formula is C17H18N2O2. The van der Waals surface area contributed by atoms with Gasteiger partial charge in [-0.2, -0.15) is 0 Å². The van der Waals surface area contributed by atoms with Crippen molar-refractivity contribution in [2.75, 3.05) is 12.4 Å². The van der Waals surface area contributed by atoms with E-state index in [-0.39, 0.29) is 5.91 Å². The molecule has 1 aliphatic rings.